The third kappa shape index (κ3) is 5.37. The maximum absolute atomic E-state index is 10.5. The zero-order chi connectivity index (χ0) is 11.7. The van der Waals surface area contributed by atoms with Crippen LogP contribution in [-0.2, 0) is 0 Å². The number of halogens is 2. The minimum Gasteiger partial charge on any atom is -0.492 e. The van der Waals surface area contributed by atoms with Crippen LogP contribution in [0.4, 0.5) is 0 Å². The highest BCUT2D eigenvalue weighted by molar-refractivity contribution is 14.1. The number of carbonyl (C=O) groups excluding carboxylic acids is 1. The molecule has 84 valence electrons. The molecule has 0 aromatic heterocycles. The van der Waals surface area contributed by atoms with Crippen molar-refractivity contribution in [1.82, 2.24) is 0 Å². The fraction of sp³-hybridized carbons (Fsp3) is 0.364. The van der Waals surface area contributed by atoms with E-state index in [2.05, 4.69) is 29.5 Å². The standard InChI is InChI=1S/C9H9ClO2.C2H5I/c1-2-12-9-7(6-11)4-3-5-8(9)10;1-2-3/h3-6H,2H2,1H3;2H2,1H3. The Hall–Kier alpha value is -0.290. The third-order valence-electron chi connectivity index (χ3n) is 1.41. The quantitative estimate of drug-likeness (QED) is 0.472. The van der Waals surface area contributed by atoms with Gasteiger partial charge in [0.25, 0.3) is 0 Å². The van der Waals surface area contributed by atoms with E-state index in [0.29, 0.717) is 22.9 Å². The molecule has 15 heavy (non-hydrogen) atoms. The van der Waals surface area contributed by atoms with Gasteiger partial charge in [0.05, 0.1) is 17.2 Å². The van der Waals surface area contributed by atoms with E-state index in [1.165, 1.54) is 4.43 Å². The van der Waals surface area contributed by atoms with Crippen LogP contribution in [0.2, 0.25) is 5.02 Å². The molecule has 1 aromatic rings. The number of ether oxygens (including phenoxy) is 1. The number of benzene rings is 1. The summed E-state index contributed by atoms with van der Waals surface area (Å²) < 4.78 is 6.42. The summed E-state index contributed by atoms with van der Waals surface area (Å²) in [7, 11) is 0. The molecule has 0 saturated carbocycles. The minimum absolute atomic E-state index is 0.469. The lowest BCUT2D eigenvalue weighted by Crippen LogP contribution is -1.96. The lowest BCUT2D eigenvalue weighted by atomic mass is 10.2. The van der Waals surface area contributed by atoms with Gasteiger partial charge in [-0.2, -0.15) is 0 Å². The number of para-hydroxylation sites is 1. The van der Waals surface area contributed by atoms with Gasteiger partial charge in [0.15, 0.2) is 6.29 Å². The summed E-state index contributed by atoms with van der Waals surface area (Å²) >= 11 is 8.09. The predicted octanol–water partition coefficient (Wildman–Crippen LogP) is 3.99. The molecule has 0 amide bonds. The molecule has 0 bridgehead atoms. The number of alkyl halides is 1. The molecule has 0 aliphatic heterocycles. The second kappa shape index (κ2) is 8.97. The van der Waals surface area contributed by atoms with E-state index in [0.717, 1.165) is 6.29 Å². The number of hydrogen-bond acceptors (Lipinski definition) is 2. The van der Waals surface area contributed by atoms with Crippen molar-refractivity contribution in [2.24, 2.45) is 0 Å². The molecule has 2 nitrogen and oxygen atoms in total. The molecule has 0 aliphatic rings. The Morgan fingerprint density at radius 1 is 1.47 bits per heavy atom. The van der Waals surface area contributed by atoms with Gasteiger partial charge in [-0.3, -0.25) is 4.79 Å². The molecule has 0 radical (unpaired) electrons. The second-order valence-electron chi connectivity index (χ2n) is 2.48. The van der Waals surface area contributed by atoms with Crippen LogP contribution in [0, 0.1) is 0 Å². The first-order chi connectivity index (χ1) is 7.21. The Balaban J connectivity index is 0.000000583. The maximum Gasteiger partial charge on any atom is 0.153 e. The molecule has 0 heterocycles. The van der Waals surface area contributed by atoms with E-state index < -0.39 is 0 Å². The van der Waals surface area contributed by atoms with Crippen molar-refractivity contribution in [2.75, 3.05) is 11.0 Å². The van der Waals surface area contributed by atoms with Crippen LogP contribution in [0.25, 0.3) is 0 Å². The molecule has 0 saturated heterocycles. The smallest absolute Gasteiger partial charge is 0.153 e. The molecule has 0 atom stereocenters. The van der Waals surface area contributed by atoms with Gasteiger partial charge < -0.3 is 4.74 Å². The van der Waals surface area contributed by atoms with E-state index in [4.69, 9.17) is 16.3 Å². The molecular weight excluding hydrogens is 326 g/mol. The summed E-state index contributed by atoms with van der Waals surface area (Å²) in [6, 6.07) is 5.08. The van der Waals surface area contributed by atoms with Crippen molar-refractivity contribution < 1.29 is 9.53 Å². The van der Waals surface area contributed by atoms with Gasteiger partial charge in [-0.25, -0.2) is 0 Å². The number of rotatable bonds is 3. The Morgan fingerprint density at radius 2 is 2.07 bits per heavy atom. The lowest BCUT2D eigenvalue weighted by molar-refractivity contribution is 0.112. The average molecular weight is 341 g/mol. The summed E-state index contributed by atoms with van der Waals surface area (Å²) in [5.41, 5.74) is 0.490. The molecule has 0 N–H and O–H groups in total. The van der Waals surface area contributed by atoms with E-state index in [1.807, 2.05) is 6.92 Å². The first-order valence-corrected chi connectivity index (χ1v) is 6.54. The molecule has 0 spiro atoms. The Kier molecular flexibility index (Phi) is 8.80. The summed E-state index contributed by atoms with van der Waals surface area (Å²) in [4.78, 5) is 10.5. The van der Waals surface area contributed by atoms with Gasteiger partial charge in [0.2, 0.25) is 0 Å². The lowest BCUT2D eigenvalue weighted by Gasteiger charge is -2.06. The largest absolute Gasteiger partial charge is 0.492 e. The zero-order valence-electron chi connectivity index (χ0n) is 8.80. The second-order valence-corrected chi connectivity index (χ2v) is 4.41. The van der Waals surface area contributed by atoms with Crippen molar-refractivity contribution in [1.29, 1.82) is 0 Å². The summed E-state index contributed by atoms with van der Waals surface area (Å²) in [6.45, 7) is 4.46. The Labute approximate surface area is 109 Å². The first-order valence-electron chi connectivity index (χ1n) is 4.63. The van der Waals surface area contributed by atoms with E-state index in [9.17, 15) is 4.79 Å². The molecule has 0 fully saturated rings. The molecule has 0 unspecified atom stereocenters. The van der Waals surface area contributed by atoms with Crippen LogP contribution in [0.15, 0.2) is 18.2 Å². The van der Waals surface area contributed by atoms with Crippen molar-refractivity contribution >= 4 is 40.5 Å². The number of hydrogen-bond donors (Lipinski definition) is 0. The number of carbonyl (C=O) groups is 1. The highest BCUT2D eigenvalue weighted by atomic mass is 127. The van der Waals surface area contributed by atoms with Gasteiger partial charge in [0, 0.05) is 0 Å². The highest BCUT2D eigenvalue weighted by Gasteiger charge is 2.05. The molecule has 0 aliphatic carbocycles. The zero-order valence-corrected chi connectivity index (χ0v) is 11.7. The summed E-state index contributed by atoms with van der Waals surface area (Å²) in [5, 5.41) is 0.474. The van der Waals surface area contributed by atoms with Gasteiger partial charge in [-0.1, -0.05) is 47.2 Å². The van der Waals surface area contributed by atoms with Crippen molar-refractivity contribution in [2.45, 2.75) is 13.8 Å². The van der Waals surface area contributed by atoms with Crippen LogP contribution in [0.5, 0.6) is 5.75 Å². The van der Waals surface area contributed by atoms with Crippen LogP contribution in [0.3, 0.4) is 0 Å². The van der Waals surface area contributed by atoms with Gasteiger partial charge >= 0.3 is 0 Å². The summed E-state index contributed by atoms with van der Waals surface area (Å²) in [6.07, 6.45) is 0.733. The van der Waals surface area contributed by atoms with E-state index >= 15 is 0 Å². The van der Waals surface area contributed by atoms with E-state index in [-0.39, 0.29) is 0 Å². The van der Waals surface area contributed by atoms with Crippen LogP contribution >= 0.6 is 34.2 Å². The normalized spacial score (nSPS) is 8.80. The van der Waals surface area contributed by atoms with Gasteiger partial charge in [-0.05, 0) is 23.5 Å². The Bertz CT molecular complexity index is 303. The highest BCUT2D eigenvalue weighted by Crippen LogP contribution is 2.27. The topological polar surface area (TPSA) is 26.3 Å². The third-order valence-corrected chi connectivity index (χ3v) is 1.71. The van der Waals surface area contributed by atoms with E-state index in [1.54, 1.807) is 18.2 Å². The SMILES string of the molecule is CCI.CCOc1c(Cl)cccc1C=O. The fourth-order valence-corrected chi connectivity index (χ4v) is 1.15. The predicted molar refractivity (Wildman–Crippen MR) is 72.6 cm³/mol. The minimum atomic E-state index is 0.469. The monoisotopic (exact) mass is 340 g/mol. The summed E-state index contributed by atoms with van der Waals surface area (Å²) in [5.74, 6) is 0.469. The van der Waals surface area contributed by atoms with Gasteiger partial charge in [0.1, 0.15) is 5.75 Å². The average Bonchev–Trinajstić information content (AvgIpc) is 2.22. The van der Waals surface area contributed by atoms with Crippen molar-refractivity contribution in [3.05, 3.63) is 28.8 Å². The van der Waals surface area contributed by atoms with Crippen LogP contribution in [-0.4, -0.2) is 17.3 Å². The van der Waals surface area contributed by atoms with Crippen molar-refractivity contribution in [3.8, 4) is 5.75 Å². The first kappa shape index (κ1) is 14.7. The number of aldehydes is 1. The van der Waals surface area contributed by atoms with Crippen molar-refractivity contribution in [3.63, 3.8) is 0 Å². The molecule has 4 heteroatoms. The fourth-order valence-electron chi connectivity index (χ4n) is 0.915. The van der Waals surface area contributed by atoms with Crippen LogP contribution < -0.4 is 4.74 Å². The molecule has 1 aromatic carbocycles. The molecular formula is C11H14ClIO2. The van der Waals surface area contributed by atoms with Gasteiger partial charge in [-0.15, -0.1) is 0 Å². The Morgan fingerprint density at radius 3 is 2.53 bits per heavy atom. The molecule has 1 rings (SSSR count). The maximum atomic E-state index is 10.5. The van der Waals surface area contributed by atoms with Crippen LogP contribution in [0.1, 0.15) is 24.2 Å².